The molecule has 76 valence electrons. The Bertz CT molecular complexity index is 353. The maximum Gasteiger partial charge on any atom is 0.231 e. The van der Waals surface area contributed by atoms with Crippen LogP contribution >= 0.6 is 23.4 Å². The second kappa shape index (κ2) is 4.18. The van der Waals surface area contributed by atoms with Gasteiger partial charge in [0.1, 0.15) is 0 Å². The summed E-state index contributed by atoms with van der Waals surface area (Å²) >= 11 is 7.09. The van der Waals surface area contributed by atoms with Crippen molar-refractivity contribution in [1.29, 1.82) is 0 Å². The Hall–Kier alpha value is -0.750. The Labute approximate surface area is 90.2 Å². The van der Waals surface area contributed by atoms with E-state index in [1.54, 1.807) is 11.8 Å². The number of rotatable bonds is 3. The van der Waals surface area contributed by atoms with Gasteiger partial charge in [0, 0.05) is 24.6 Å². The van der Waals surface area contributed by atoms with E-state index in [2.05, 4.69) is 15.5 Å². The zero-order valence-electron chi connectivity index (χ0n) is 7.36. The number of thioether (sulfide) groups is 1. The molecule has 1 amide bonds. The van der Waals surface area contributed by atoms with E-state index >= 15 is 0 Å². The summed E-state index contributed by atoms with van der Waals surface area (Å²) < 4.78 is 1.90. The number of alkyl halides is 1. The summed E-state index contributed by atoms with van der Waals surface area (Å²) in [4.78, 5) is 11.2. The van der Waals surface area contributed by atoms with Crippen LogP contribution < -0.4 is 5.32 Å². The lowest BCUT2D eigenvalue weighted by atomic mass is 10.4. The van der Waals surface area contributed by atoms with E-state index in [0.29, 0.717) is 18.2 Å². The summed E-state index contributed by atoms with van der Waals surface area (Å²) in [6, 6.07) is 0. The number of amides is 1. The lowest BCUT2D eigenvalue weighted by molar-refractivity contribution is -0.115. The van der Waals surface area contributed by atoms with Crippen molar-refractivity contribution in [3.05, 3.63) is 0 Å². The van der Waals surface area contributed by atoms with Gasteiger partial charge in [0.15, 0.2) is 5.16 Å². The van der Waals surface area contributed by atoms with Gasteiger partial charge in [0.05, 0.1) is 0 Å². The Morgan fingerprint density at radius 1 is 1.64 bits per heavy atom. The highest BCUT2D eigenvalue weighted by Gasteiger charge is 2.18. The fraction of sp³-hybridized carbons (Fsp3) is 0.571. The molecule has 0 aliphatic carbocycles. The molecule has 0 radical (unpaired) electrons. The summed E-state index contributed by atoms with van der Waals surface area (Å²) in [6.07, 6.45) is 0.302. The van der Waals surface area contributed by atoms with Crippen LogP contribution in [0.15, 0.2) is 5.16 Å². The number of hydrogen-bond acceptors (Lipinski definition) is 4. The Morgan fingerprint density at radius 3 is 3.29 bits per heavy atom. The van der Waals surface area contributed by atoms with Crippen LogP contribution in [-0.4, -0.2) is 32.3 Å². The van der Waals surface area contributed by atoms with E-state index in [0.717, 1.165) is 17.5 Å². The third-order valence-corrected chi connectivity index (χ3v) is 2.97. The van der Waals surface area contributed by atoms with Crippen LogP contribution in [0.5, 0.6) is 0 Å². The van der Waals surface area contributed by atoms with Gasteiger partial charge in [-0.15, -0.1) is 21.8 Å². The highest BCUT2D eigenvalue weighted by molar-refractivity contribution is 7.99. The SMILES string of the molecule is O=C(CCCl)Nc1nnc2n1CCS2. The smallest absolute Gasteiger partial charge is 0.231 e. The minimum Gasteiger partial charge on any atom is -0.295 e. The molecule has 1 aromatic heterocycles. The molecule has 0 unspecified atom stereocenters. The molecule has 0 spiro atoms. The first-order valence-corrected chi connectivity index (χ1v) is 5.75. The van der Waals surface area contributed by atoms with Crippen LogP contribution in [0, 0.1) is 0 Å². The topological polar surface area (TPSA) is 59.8 Å². The molecule has 1 aliphatic heterocycles. The van der Waals surface area contributed by atoms with Crippen molar-refractivity contribution in [2.45, 2.75) is 18.1 Å². The van der Waals surface area contributed by atoms with E-state index in [1.165, 1.54) is 0 Å². The van der Waals surface area contributed by atoms with Crippen molar-refractivity contribution in [3.8, 4) is 0 Å². The van der Waals surface area contributed by atoms with Gasteiger partial charge in [-0.3, -0.25) is 14.7 Å². The third-order valence-electron chi connectivity index (χ3n) is 1.84. The Kier molecular flexibility index (Phi) is 2.93. The van der Waals surface area contributed by atoms with E-state index in [1.807, 2.05) is 4.57 Å². The zero-order valence-corrected chi connectivity index (χ0v) is 8.94. The summed E-state index contributed by atoms with van der Waals surface area (Å²) in [5.74, 6) is 1.72. The highest BCUT2D eigenvalue weighted by Crippen LogP contribution is 2.26. The van der Waals surface area contributed by atoms with Crippen molar-refractivity contribution in [2.75, 3.05) is 16.9 Å². The van der Waals surface area contributed by atoms with Gasteiger partial charge in [0.25, 0.3) is 0 Å². The van der Waals surface area contributed by atoms with Crippen molar-refractivity contribution >= 4 is 35.2 Å². The molecule has 7 heteroatoms. The Balaban J connectivity index is 2.06. The number of hydrogen-bond donors (Lipinski definition) is 1. The van der Waals surface area contributed by atoms with Crippen molar-refractivity contribution in [3.63, 3.8) is 0 Å². The normalized spacial score (nSPS) is 14.1. The van der Waals surface area contributed by atoms with E-state index in [9.17, 15) is 4.79 Å². The second-order valence-electron chi connectivity index (χ2n) is 2.79. The van der Waals surface area contributed by atoms with Crippen LogP contribution in [0.4, 0.5) is 5.95 Å². The maximum atomic E-state index is 11.2. The number of carbonyl (C=O) groups is 1. The first-order valence-electron chi connectivity index (χ1n) is 4.23. The summed E-state index contributed by atoms with van der Waals surface area (Å²) in [5.41, 5.74) is 0. The number of halogens is 1. The van der Waals surface area contributed by atoms with Crippen LogP contribution in [0.1, 0.15) is 6.42 Å². The predicted octanol–water partition coefficient (Wildman–Crippen LogP) is 0.951. The van der Waals surface area contributed by atoms with Crippen molar-refractivity contribution < 1.29 is 4.79 Å². The number of aromatic nitrogens is 3. The maximum absolute atomic E-state index is 11.2. The van der Waals surface area contributed by atoms with Gasteiger partial charge in [0.2, 0.25) is 11.9 Å². The average Bonchev–Trinajstić information content (AvgIpc) is 2.70. The molecular formula is C7H9ClN4OS. The summed E-state index contributed by atoms with van der Waals surface area (Å²) in [6.45, 7) is 0.851. The van der Waals surface area contributed by atoms with Gasteiger partial charge in [-0.1, -0.05) is 11.8 Å². The van der Waals surface area contributed by atoms with Crippen molar-refractivity contribution in [2.24, 2.45) is 0 Å². The van der Waals surface area contributed by atoms with Crippen LogP contribution in [-0.2, 0) is 11.3 Å². The summed E-state index contributed by atoms with van der Waals surface area (Å²) in [7, 11) is 0. The van der Waals surface area contributed by atoms with Crippen LogP contribution in [0.25, 0.3) is 0 Å². The largest absolute Gasteiger partial charge is 0.295 e. The molecule has 0 atom stereocenters. The van der Waals surface area contributed by atoms with Crippen LogP contribution in [0.3, 0.4) is 0 Å². The van der Waals surface area contributed by atoms with E-state index in [4.69, 9.17) is 11.6 Å². The van der Waals surface area contributed by atoms with Gasteiger partial charge >= 0.3 is 0 Å². The zero-order chi connectivity index (χ0) is 9.97. The lowest BCUT2D eigenvalue weighted by Gasteiger charge is -2.02. The first kappa shape index (κ1) is 9.79. The fourth-order valence-electron chi connectivity index (χ4n) is 1.19. The fourth-order valence-corrected chi connectivity index (χ4v) is 2.25. The van der Waals surface area contributed by atoms with Crippen molar-refractivity contribution in [1.82, 2.24) is 14.8 Å². The number of carbonyl (C=O) groups excluding carboxylic acids is 1. The van der Waals surface area contributed by atoms with Gasteiger partial charge in [-0.2, -0.15) is 0 Å². The lowest BCUT2D eigenvalue weighted by Crippen LogP contribution is -2.15. The number of nitrogens with one attached hydrogen (secondary N) is 1. The first-order chi connectivity index (χ1) is 6.81. The monoisotopic (exact) mass is 232 g/mol. The average molecular weight is 233 g/mol. The minimum atomic E-state index is -0.118. The van der Waals surface area contributed by atoms with Gasteiger partial charge < -0.3 is 0 Å². The number of nitrogens with zero attached hydrogens (tertiary/aromatic N) is 3. The molecule has 1 aliphatic rings. The molecule has 0 saturated heterocycles. The quantitative estimate of drug-likeness (QED) is 0.789. The molecule has 14 heavy (non-hydrogen) atoms. The van der Waals surface area contributed by atoms with Gasteiger partial charge in [-0.25, -0.2) is 0 Å². The molecule has 0 aromatic carbocycles. The van der Waals surface area contributed by atoms with Crippen LogP contribution in [0.2, 0.25) is 0 Å². The molecule has 0 bridgehead atoms. The standard InChI is InChI=1S/C7H9ClN4OS/c8-2-1-5(13)9-6-10-11-7-12(6)3-4-14-7/h1-4H2,(H,9,10,13). The molecule has 2 heterocycles. The molecule has 0 fully saturated rings. The Morgan fingerprint density at radius 2 is 2.50 bits per heavy atom. The number of fused-ring (bicyclic) bond motifs is 1. The molecule has 5 nitrogen and oxygen atoms in total. The van der Waals surface area contributed by atoms with Gasteiger partial charge in [-0.05, 0) is 0 Å². The molecule has 2 rings (SSSR count). The van der Waals surface area contributed by atoms with E-state index < -0.39 is 0 Å². The van der Waals surface area contributed by atoms with E-state index in [-0.39, 0.29) is 5.91 Å². The molecular weight excluding hydrogens is 224 g/mol. The second-order valence-corrected chi connectivity index (χ2v) is 4.23. The highest BCUT2D eigenvalue weighted by atomic mass is 35.5. The summed E-state index contributed by atoms with van der Waals surface area (Å²) in [5, 5.41) is 11.4. The number of anilines is 1. The predicted molar refractivity (Wildman–Crippen MR) is 54.7 cm³/mol. The third kappa shape index (κ3) is 1.85. The minimum absolute atomic E-state index is 0.118. The molecule has 1 N–H and O–H groups in total. The molecule has 1 aromatic rings. The molecule has 0 saturated carbocycles.